The van der Waals surface area contributed by atoms with Crippen molar-refractivity contribution in [1.29, 1.82) is 0 Å². The summed E-state index contributed by atoms with van der Waals surface area (Å²) in [5, 5.41) is 1.46. The van der Waals surface area contributed by atoms with E-state index in [2.05, 4.69) is 31.3 Å². The second kappa shape index (κ2) is 7.48. The topological polar surface area (TPSA) is 84.1 Å². The van der Waals surface area contributed by atoms with Crippen LogP contribution in [0.15, 0.2) is 35.6 Å². The number of thiazole rings is 1. The Morgan fingerprint density at radius 3 is 2.74 bits per heavy atom. The highest BCUT2D eigenvalue weighted by Crippen LogP contribution is 2.39. The maximum Gasteiger partial charge on any atom is 0.271 e. The minimum atomic E-state index is -0.318. The zero-order valence-electron chi connectivity index (χ0n) is 19.5. The normalized spacial score (nSPS) is 16.7. The van der Waals surface area contributed by atoms with Crippen molar-refractivity contribution < 1.29 is 9.18 Å². The van der Waals surface area contributed by atoms with E-state index < -0.39 is 0 Å². The smallest absolute Gasteiger partial charge is 0.271 e. The molecule has 0 saturated heterocycles. The summed E-state index contributed by atoms with van der Waals surface area (Å²) in [7, 11) is 1.95. The van der Waals surface area contributed by atoms with Crippen molar-refractivity contribution in [2.24, 2.45) is 12.0 Å². The van der Waals surface area contributed by atoms with Crippen LogP contribution in [0.5, 0.6) is 0 Å². The zero-order chi connectivity index (χ0) is 23.8. The van der Waals surface area contributed by atoms with E-state index in [1.807, 2.05) is 17.7 Å². The summed E-state index contributed by atoms with van der Waals surface area (Å²) in [5.41, 5.74) is 4.40. The number of amides is 1. The van der Waals surface area contributed by atoms with Crippen molar-refractivity contribution in [1.82, 2.24) is 29.0 Å². The number of rotatable bonds is 5. The van der Waals surface area contributed by atoms with Gasteiger partial charge in [0.15, 0.2) is 5.49 Å². The number of benzene rings is 1. The highest BCUT2D eigenvalue weighted by atomic mass is 32.1. The largest absolute Gasteiger partial charge is 0.342 e. The van der Waals surface area contributed by atoms with Crippen LogP contribution in [0.2, 0.25) is 0 Å². The van der Waals surface area contributed by atoms with Crippen LogP contribution in [-0.4, -0.2) is 47.0 Å². The zero-order valence-corrected chi connectivity index (χ0v) is 20.3. The summed E-state index contributed by atoms with van der Waals surface area (Å²) >= 11 is 1.41. The molecule has 5 aromatic rings. The van der Waals surface area contributed by atoms with E-state index in [1.165, 1.54) is 23.5 Å². The fraction of sp³-hybridized carbons (Fsp3) is 0.360. The molecule has 10 heteroatoms. The Kier molecular flexibility index (Phi) is 4.45. The van der Waals surface area contributed by atoms with Crippen molar-refractivity contribution in [2.75, 3.05) is 0 Å². The number of halogens is 1. The van der Waals surface area contributed by atoms with Crippen LogP contribution in [0.3, 0.4) is 0 Å². The molecule has 1 amide bonds. The van der Waals surface area contributed by atoms with Crippen LogP contribution in [0, 0.1) is 5.82 Å². The molecular weight excluding hydrogens is 465 g/mol. The summed E-state index contributed by atoms with van der Waals surface area (Å²) in [6, 6.07) is 7.33. The predicted octanol–water partition coefficient (Wildman–Crippen LogP) is 4.62. The number of hydrogen-bond donors (Lipinski definition) is 1. The number of aromatic nitrogens is 5. The number of aryl methyl sites for hydroxylation is 2. The molecule has 0 spiro atoms. The van der Waals surface area contributed by atoms with Gasteiger partial charge >= 0.3 is 0 Å². The van der Waals surface area contributed by atoms with Gasteiger partial charge in [0.25, 0.3) is 5.91 Å². The number of fused-ring (bicyclic) bond motifs is 4. The Labute approximate surface area is 203 Å². The lowest BCUT2D eigenvalue weighted by atomic mass is 10.2. The second-order valence-electron chi connectivity index (χ2n) is 9.41. The van der Waals surface area contributed by atoms with Crippen molar-refractivity contribution in [3.05, 3.63) is 47.6 Å². The van der Waals surface area contributed by atoms with Crippen LogP contribution >= 0.6 is 11.3 Å². The SMILES string of the molecule is CCn1c(C(=O)N(C2CC2)C2CC2)cc2c3nc[nH]c3c(=Nc3nc4cc(F)ccc4s3)n(C)c21. The van der Waals surface area contributed by atoms with Gasteiger partial charge in [-0.2, -0.15) is 4.99 Å². The molecule has 178 valence electrons. The summed E-state index contributed by atoms with van der Waals surface area (Å²) in [4.78, 5) is 33.1. The number of aromatic amines is 1. The second-order valence-corrected chi connectivity index (χ2v) is 10.4. The van der Waals surface area contributed by atoms with Crippen molar-refractivity contribution >= 4 is 54.7 Å². The lowest BCUT2D eigenvalue weighted by molar-refractivity contribution is 0.0719. The summed E-state index contributed by atoms with van der Waals surface area (Å²) in [5.74, 6) is -0.204. The molecule has 1 N–H and O–H groups in total. The third-order valence-corrected chi connectivity index (χ3v) is 7.94. The summed E-state index contributed by atoms with van der Waals surface area (Å²) < 4.78 is 18.6. The number of carbonyl (C=O) groups is 1. The number of hydrogen-bond acceptors (Lipinski definition) is 5. The molecule has 35 heavy (non-hydrogen) atoms. The van der Waals surface area contributed by atoms with Gasteiger partial charge in [-0.15, -0.1) is 0 Å². The lowest BCUT2D eigenvalue weighted by Crippen LogP contribution is -2.36. The van der Waals surface area contributed by atoms with Crippen LogP contribution in [0.4, 0.5) is 9.52 Å². The molecule has 0 radical (unpaired) electrons. The van der Waals surface area contributed by atoms with E-state index in [4.69, 9.17) is 4.99 Å². The van der Waals surface area contributed by atoms with Crippen molar-refractivity contribution in [3.63, 3.8) is 0 Å². The molecule has 0 unspecified atom stereocenters. The predicted molar refractivity (Wildman–Crippen MR) is 133 cm³/mol. The van der Waals surface area contributed by atoms with E-state index in [0.29, 0.717) is 40.5 Å². The Bertz CT molecular complexity index is 1700. The molecule has 2 aliphatic carbocycles. The Morgan fingerprint density at radius 1 is 1.26 bits per heavy atom. The number of carbonyl (C=O) groups excluding carboxylic acids is 1. The van der Waals surface area contributed by atoms with E-state index in [1.54, 1.807) is 12.4 Å². The molecule has 8 nitrogen and oxygen atoms in total. The van der Waals surface area contributed by atoms with Gasteiger partial charge < -0.3 is 19.0 Å². The van der Waals surface area contributed by atoms with Gasteiger partial charge in [0, 0.05) is 37.1 Å². The molecule has 0 aliphatic heterocycles. The van der Waals surface area contributed by atoms with Gasteiger partial charge in [-0.1, -0.05) is 11.3 Å². The van der Waals surface area contributed by atoms with Gasteiger partial charge in [0.2, 0.25) is 5.13 Å². The van der Waals surface area contributed by atoms with Gasteiger partial charge in [0.1, 0.15) is 28.2 Å². The molecule has 2 fully saturated rings. The number of nitrogens with zero attached hydrogens (tertiary/aromatic N) is 6. The molecule has 0 bridgehead atoms. The maximum atomic E-state index is 13.8. The fourth-order valence-corrected chi connectivity index (χ4v) is 5.95. The standard InChI is InChI=1S/C25H24FN7OS/c1-3-32-18(24(34)33(14-5-6-14)15-7-8-15)11-16-20-21(28-12-27-20)22(31(2)23(16)32)30-25-29-17-10-13(26)4-9-19(17)35-25/h4,9-12,14-15H,3,5-8H2,1-2H3,(H,27,28). The fourth-order valence-electron chi connectivity index (χ4n) is 5.13. The molecule has 2 saturated carbocycles. The molecule has 1 aromatic carbocycles. The van der Waals surface area contributed by atoms with Gasteiger partial charge in [0.05, 0.1) is 16.5 Å². The van der Waals surface area contributed by atoms with E-state index >= 15 is 0 Å². The maximum absolute atomic E-state index is 13.8. The quantitative estimate of drug-likeness (QED) is 0.391. The highest BCUT2D eigenvalue weighted by Gasteiger charge is 2.43. The highest BCUT2D eigenvalue weighted by molar-refractivity contribution is 7.21. The number of H-pyrrole nitrogens is 1. The average molecular weight is 490 g/mol. The van der Waals surface area contributed by atoms with Crippen LogP contribution in [0.1, 0.15) is 43.1 Å². The third-order valence-electron chi connectivity index (χ3n) is 7.01. The minimum Gasteiger partial charge on any atom is -0.342 e. The van der Waals surface area contributed by atoms with E-state index in [-0.39, 0.29) is 11.7 Å². The van der Waals surface area contributed by atoms with Gasteiger partial charge in [-0.05, 0) is 50.8 Å². The molecule has 4 aromatic heterocycles. The monoisotopic (exact) mass is 489 g/mol. The molecule has 0 atom stereocenters. The number of pyridine rings is 1. The average Bonchev–Trinajstić information content (AvgIpc) is 3.73. The molecular formula is C25H24FN7OS. The number of nitrogens with one attached hydrogen (secondary N) is 1. The lowest BCUT2D eigenvalue weighted by Gasteiger charge is -2.23. The first kappa shape index (κ1) is 20.8. The van der Waals surface area contributed by atoms with E-state index in [0.717, 1.165) is 52.5 Å². The Balaban J connectivity index is 1.46. The van der Waals surface area contributed by atoms with Crippen molar-refractivity contribution in [2.45, 2.75) is 51.2 Å². The summed E-state index contributed by atoms with van der Waals surface area (Å²) in [6.07, 6.45) is 6.05. The minimum absolute atomic E-state index is 0.114. The van der Waals surface area contributed by atoms with Crippen molar-refractivity contribution in [3.8, 4) is 0 Å². The van der Waals surface area contributed by atoms with Crippen LogP contribution < -0.4 is 5.49 Å². The Morgan fingerprint density at radius 2 is 2.03 bits per heavy atom. The number of imidazole rings is 1. The first-order valence-electron chi connectivity index (χ1n) is 12.0. The van der Waals surface area contributed by atoms with Crippen LogP contribution in [0.25, 0.3) is 32.3 Å². The van der Waals surface area contributed by atoms with Gasteiger partial charge in [-0.3, -0.25) is 4.79 Å². The first-order chi connectivity index (χ1) is 17.0. The Hall–Kier alpha value is -3.53. The third kappa shape index (κ3) is 3.23. The van der Waals surface area contributed by atoms with Crippen LogP contribution in [-0.2, 0) is 13.6 Å². The van der Waals surface area contributed by atoms with Gasteiger partial charge in [-0.25, -0.2) is 14.4 Å². The first-order valence-corrected chi connectivity index (χ1v) is 12.8. The van der Waals surface area contributed by atoms with E-state index in [9.17, 15) is 9.18 Å². The molecule has 4 heterocycles. The summed E-state index contributed by atoms with van der Waals surface area (Å²) in [6.45, 7) is 2.71. The molecule has 2 aliphatic rings. The molecule has 7 rings (SSSR count).